The van der Waals surface area contributed by atoms with Crippen molar-refractivity contribution in [1.29, 1.82) is 0 Å². The van der Waals surface area contributed by atoms with Crippen molar-refractivity contribution >= 4 is 23.2 Å². The fourth-order valence-electron chi connectivity index (χ4n) is 3.26. The molecular weight excluding hydrogens is 326 g/mol. The zero-order valence-corrected chi connectivity index (χ0v) is 15.5. The van der Waals surface area contributed by atoms with E-state index in [1.807, 2.05) is 55.4 Å². The van der Waals surface area contributed by atoms with E-state index in [1.165, 1.54) is 5.56 Å². The number of carbonyl (C=O) groups is 2. The number of fused-ring (bicyclic) bond motifs is 1. The second-order valence-corrected chi connectivity index (χ2v) is 6.86. The molecule has 26 heavy (non-hydrogen) atoms. The third kappa shape index (κ3) is 3.72. The molecule has 0 radical (unpaired) electrons. The van der Waals surface area contributed by atoms with E-state index < -0.39 is 6.04 Å². The number of nitrogens with zero attached hydrogens (tertiary/aromatic N) is 2. The fraction of sp³-hybridized carbons (Fsp3) is 0.333. The first-order valence-electron chi connectivity index (χ1n) is 8.95. The smallest absolute Gasteiger partial charge is 0.251 e. The Bertz CT molecular complexity index is 816. The lowest BCUT2D eigenvalue weighted by Crippen LogP contribution is -2.48. The molecule has 0 aromatic heterocycles. The normalized spacial score (nSPS) is 14.3. The summed E-state index contributed by atoms with van der Waals surface area (Å²) in [5, 5.41) is 2.84. The van der Waals surface area contributed by atoms with Gasteiger partial charge in [0, 0.05) is 37.6 Å². The number of hydrogen-bond donors (Lipinski definition) is 1. The van der Waals surface area contributed by atoms with Gasteiger partial charge in [0.25, 0.3) is 5.91 Å². The molecule has 1 N–H and O–H groups in total. The molecule has 2 amide bonds. The van der Waals surface area contributed by atoms with E-state index in [0.717, 1.165) is 24.2 Å². The van der Waals surface area contributed by atoms with Gasteiger partial charge < -0.3 is 15.1 Å². The SMILES string of the molecule is CC(NC(=O)c1cccc(N(C)C)c1)C(=O)N1CCCc2ccccc21. The second-order valence-electron chi connectivity index (χ2n) is 6.86. The Morgan fingerprint density at radius 1 is 1.12 bits per heavy atom. The molecule has 1 atom stereocenters. The van der Waals surface area contributed by atoms with Gasteiger partial charge in [-0.2, -0.15) is 0 Å². The van der Waals surface area contributed by atoms with Crippen LogP contribution in [0.25, 0.3) is 0 Å². The monoisotopic (exact) mass is 351 g/mol. The summed E-state index contributed by atoms with van der Waals surface area (Å²) in [6.07, 6.45) is 1.92. The number of para-hydroxylation sites is 1. The first-order valence-corrected chi connectivity index (χ1v) is 8.95. The van der Waals surface area contributed by atoms with Crippen LogP contribution in [0.2, 0.25) is 0 Å². The van der Waals surface area contributed by atoms with Gasteiger partial charge in [-0.15, -0.1) is 0 Å². The standard InChI is InChI=1S/C21H25N3O2/c1-15(22-20(25)17-9-6-11-18(14-17)23(2)3)21(26)24-13-7-10-16-8-4-5-12-19(16)24/h4-6,8-9,11-12,14-15H,7,10,13H2,1-3H3,(H,22,25). The van der Waals surface area contributed by atoms with E-state index in [1.54, 1.807) is 17.9 Å². The summed E-state index contributed by atoms with van der Waals surface area (Å²) in [5.74, 6) is -0.311. The molecule has 1 unspecified atom stereocenters. The first kappa shape index (κ1) is 18.0. The second kappa shape index (κ2) is 7.60. The van der Waals surface area contributed by atoms with Crippen LogP contribution in [0.1, 0.15) is 29.3 Å². The van der Waals surface area contributed by atoms with Crippen LogP contribution in [0.3, 0.4) is 0 Å². The average Bonchev–Trinajstić information content (AvgIpc) is 2.67. The predicted octanol–water partition coefficient (Wildman–Crippen LogP) is 2.85. The van der Waals surface area contributed by atoms with Crippen molar-refractivity contribution in [2.45, 2.75) is 25.8 Å². The molecule has 5 heteroatoms. The molecular formula is C21H25N3O2. The molecule has 0 fully saturated rings. The minimum atomic E-state index is -0.586. The maximum Gasteiger partial charge on any atom is 0.251 e. The molecule has 5 nitrogen and oxygen atoms in total. The Labute approximate surface area is 154 Å². The number of rotatable bonds is 4. The highest BCUT2D eigenvalue weighted by atomic mass is 16.2. The third-order valence-electron chi connectivity index (χ3n) is 4.72. The molecule has 2 aromatic carbocycles. The van der Waals surface area contributed by atoms with Crippen molar-refractivity contribution in [2.75, 3.05) is 30.4 Å². The van der Waals surface area contributed by atoms with Crippen LogP contribution in [0.4, 0.5) is 11.4 Å². The summed E-state index contributed by atoms with van der Waals surface area (Å²) in [4.78, 5) is 29.2. The lowest BCUT2D eigenvalue weighted by Gasteiger charge is -2.31. The Hall–Kier alpha value is -2.82. The lowest BCUT2D eigenvalue weighted by molar-refractivity contribution is -0.120. The van der Waals surface area contributed by atoms with Gasteiger partial charge in [0.1, 0.15) is 6.04 Å². The highest BCUT2D eigenvalue weighted by Crippen LogP contribution is 2.27. The molecule has 1 aliphatic rings. The maximum atomic E-state index is 12.9. The van der Waals surface area contributed by atoms with Crippen molar-refractivity contribution in [2.24, 2.45) is 0 Å². The Balaban J connectivity index is 1.72. The van der Waals surface area contributed by atoms with E-state index >= 15 is 0 Å². The minimum absolute atomic E-state index is 0.0748. The zero-order valence-electron chi connectivity index (χ0n) is 15.5. The Morgan fingerprint density at radius 2 is 1.88 bits per heavy atom. The number of carbonyl (C=O) groups excluding carboxylic acids is 2. The number of benzene rings is 2. The number of nitrogens with one attached hydrogen (secondary N) is 1. The van der Waals surface area contributed by atoms with Gasteiger partial charge in [0.15, 0.2) is 0 Å². The van der Waals surface area contributed by atoms with Crippen molar-refractivity contribution in [3.63, 3.8) is 0 Å². The molecule has 0 bridgehead atoms. The highest BCUT2D eigenvalue weighted by molar-refractivity contribution is 6.03. The number of amides is 2. The molecule has 0 saturated carbocycles. The minimum Gasteiger partial charge on any atom is -0.378 e. The van der Waals surface area contributed by atoms with Crippen LogP contribution < -0.4 is 15.1 Å². The molecule has 1 heterocycles. The lowest BCUT2D eigenvalue weighted by atomic mass is 10.0. The molecule has 1 aliphatic heterocycles. The maximum absolute atomic E-state index is 12.9. The van der Waals surface area contributed by atoms with E-state index in [0.29, 0.717) is 12.1 Å². The van der Waals surface area contributed by atoms with Crippen LogP contribution in [0.15, 0.2) is 48.5 Å². The van der Waals surface area contributed by atoms with Crippen molar-refractivity contribution in [3.05, 3.63) is 59.7 Å². The number of anilines is 2. The topological polar surface area (TPSA) is 52.7 Å². The van der Waals surface area contributed by atoms with Crippen LogP contribution in [0, 0.1) is 0 Å². The van der Waals surface area contributed by atoms with Crippen LogP contribution in [-0.4, -0.2) is 38.5 Å². The van der Waals surface area contributed by atoms with Gasteiger partial charge in [-0.1, -0.05) is 24.3 Å². The molecule has 0 saturated heterocycles. The van der Waals surface area contributed by atoms with Gasteiger partial charge in [-0.3, -0.25) is 9.59 Å². The quantitative estimate of drug-likeness (QED) is 0.922. The summed E-state index contributed by atoms with van der Waals surface area (Å²) in [5.41, 5.74) is 3.64. The number of hydrogen-bond acceptors (Lipinski definition) is 3. The van der Waals surface area contributed by atoms with Gasteiger partial charge in [0.05, 0.1) is 0 Å². The summed E-state index contributed by atoms with van der Waals surface area (Å²) in [6.45, 7) is 2.43. The van der Waals surface area contributed by atoms with E-state index in [9.17, 15) is 9.59 Å². The van der Waals surface area contributed by atoms with Gasteiger partial charge in [-0.25, -0.2) is 0 Å². The third-order valence-corrected chi connectivity index (χ3v) is 4.72. The van der Waals surface area contributed by atoms with E-state index in [2.05, 4.69) is 11.4 Å². The molecule has 0 spiro atoms. The van der Waals surface area contributed by atoms with Crippen LogP contribution in [0.5, 0.6) is 0 Å². The molecule has 136 valence electrons. The van der Waals surface area contributed by atoms with Crippen molar-refractivity contribution in [1.82, 2.24) is 5.32 Å². The number of aryl methyl sites for hydroxylation is 1. The van der Waals surface area contributed by atoms with Gasteiger partial charge in [0.2, 0.25) is 5.91 Å². The van der Waals surface area contributed by atoms with Crippen LogP contribution in [-0.2, 0) is 11.2 Å². The van der Waals surface area contributed by atoms with Crippen molar-refractivity contribution in [3.8, 4) is 0 Å². The Kier molecular flexibility index (Phi) is 5.26. The summed E-state index contributed by atoms with van der Waals surface area (Å²) in [7, 11) is 3.86. The zero-order chi connectivity index (χ0) is 18.7. The van der Waals surface area contributed by atoms with E-state index in [4.69, 9.17) is 0 Å². The summed E-state index contributed by atoms with van der Waals surface area (Å²) >= 11 is 0. The predicted molar refractivity (Wildman–Crippen MR) is 105 cm³/mol. The molecule has 3 rings (SSSR count). The fourth-order valence-corrected chi connectivity index (χ4v) is 3.26. The van der Waals surface area contributed by atoms with Gasteiger partial charge in [-0.05, 0) is 49.6 Å². The van der Waals surface area contributed by atoms with Crippen molar-refractivity contribution < 1.29 is 9.59 Å². The average molecular weight is 351 g/mol. The largest absolute Gasteiger partial charge is 0.378 e. The van der Waals surface area contributed by atoms with Gasteiger partial charge >= 0.3 is 0 Å². The van der Waals surface area contributed by atoms with Crippen LogP contribution >= 0.6 is 0 Å². The molecule has 2 aromatic rings. The summed E-state index contributed by atoms with van der Waals surface area (Å²) < 4.78 is 0. The highest BCUT2D eigenvalue weighted by Gasteiger charge is 2.27. The van der Waals surface area contributed by atoms with E-state index in [-0.39, 0.29) is 11.8 Å². The summed E-state index contributed by atoms with van der Waals surface area (Å²) in [6, 6.07) is 14.8. The Morgan fingerprint density at radius 3 is 2.65 bits per heavy atom. The first-order chi connectivity index (χ1) is 12.5. The molecule has 0 aliphatic carbocycles.